The average Bonchev–Trinajstić information content (AvgIpc) is 2.66. The minimum atomic E-state index is -0.0349. The Kier molecular flexibility index (Phi) is 7.45. The van der Waals surface area contributed by atoms with Crippen molar-refractivity contribution in [2.24, 2.45) is 0 Å². The molecule has 0 bridgehead atoms. The van der Waals surface area contributed by atoms with E-state index < -0.39 is 0 Å². The van der Waals surface area contributed by atoms with Crippen LogP contribution in [0.2, 0.25) is 0 Å². The van der Waals surface area contributed by atoms with Gasteiger partial charge in [0.15, 0.2) is 0 Å². The molecule has 0 aliphatic heterocycles. The maximum absolute atomic E-state index is 11.8. The molecule has 0 saturated heterocycles. The second-order valence-corrected chi connectivity index (χ2v) is 6.19. The lowest BCUT2D eigenvalue weighted by molar-refractivity contribution is -0.120. The predicted octanol–water partition coefficient (Wildman–Crippen LogP) is 2.88. The first-order valence-electron chi connectivity index (χ1n) is 8.67. The van der Waals surface area contributed by atoms with Crippen LogP contribution in [-0.4, -0.2) is 37.4 Å². The molecular weight excluding hydrogens is 324 g/mol. The fraction of sp³-hybridized carbons (Fsp3) is 0.273. The van der Waals surface area contributed by atoms with Crippen LogP contribution in [0.15, 0.2) is 54.6 Å². The minimum Gasteiger partial charge on any atom is -0.345 e. The van der Waals surface area contributed by atoms with Gasteiger partial charge in [-0.15, -0.1) is 0 Å². The molecule has 0 unspecified atom stereocenters. The van der Waals surface area contributed by atoms with E-state index in [0.717, 1.165) is 18.4 Å². The molecule has 0 fully saturated rings. The van der Waals surface area contributed by atoms with Gasteiger partial charge in [0.25, 0.3) is 5.91 Å². The number of benzene rings is 2. The zero-order valence-electron chi connectivity index (χ0n) is 15.3. The number of amides is 2. The summed E-state index contributed by atoms with van der Waals surface area (Å²) in [5.41, 5.74) is 2.70. The van der Waals surface area contributed by atoms with E-state index in [1.807, 2.05) is 30.3 Å². The van der Waals surface area contributed by atoms with Gasteiger partial charge >= 0.3 is 0 Å². The SMILES string of the molecule is CN(C)C(=O)c1ccc(C#CCNC(=O)CCCc2ccccc2)cc1. The number of carbonyl (C=O) groups is 2. The normalized spacial score (nSPS) is 9.77. The smallest absolute Gasteiger partial charge is 0.253 e. The molecule has 4 nitrogen and oxygen atoms in total. The van der Waals surface area contributed by atoms with E-state index in [0.29, 0.717) is 18.5 Å². The summed E-state index contributed by atoms with van der Waals surface area (Å²) in [6, 6.07) is 17.3. The highest BCUT2D eigenvalue weighted by Gasteiger charge is 2.06. The van der Waals surface area contributed by atoms with E-state index >= 15 is 0 Å². The van der Waals surface area contributed by atoms with E-state index in [4.69, 9.17) is 0 Å². The molecule has 2 aromatic rings. The summed E-state index contributed by atoms with van der Waals surface area (Å²) in [5, 5.41) is 2.81. The summed E-state index contributed by atoms with van der Waals surface area (Å²) in [6.07, 6.45) is 2.22. The van der Waals surface area contributed by atoms with Crippen LogP contribution in [-0.2, 0) is 11.2 Å². The summed E-state index contributed by atoms with van der Waals surface area (Å²) in [5.74, 6) is 5.90. The predicted molar refractivity (Wildman–Crippen MR) is 104 cm³/mol. The van der Waals surface area contributed by atoms with Gasteiger partial charge in [-0.3, -0.25) is 9.59 Å². The molecule has 0 radical (unpaired) electrons. The summed E-state index contributed by atoms with van der Waals surface area (Å²) in [7, 11) is 3.44. The number of carbonyl (C=O) groups excluding carboxylic acids is 2. The summed E-state index contributed by atoms with van der Waals surface area (Å²) < 4.78 is 0. The first-order valence-corrected chi connectivity index (χ1v) is 8.67. The Balaban J connectivity index is 1.71. The maximum Gasteiger partial charge on any atom is 0.253 e. The summed E-state index contributed by atoms with van der Waals surface area (Å²) in [4.78, 5) is 25.2. The van der Waals surface area contributed by atoms with Crippen molar-refractivity contribution in [3.63, 3.8) is 0 Å². The molecule has 0 aliphatic rings. The summed E-state index contributed by atoms with van der Waals surface area (Å²) in [6.45, 7) is 0.322. The molecule has 0 saturated carbocycles. The zero-order chi connectivity index (χ0) is 18.8. The lowest BCUT2D eigenvalue weighted by Crippen LogP contribution is -2.23. The Morgan fingerprint density at radius 3 is 2.35 bits per heavy atom. The van der Waals surface area contributed by atoms with Gasteiger partial charge in [-0.1, -0.05) is 42.2 Å². The molecule has 2 aromatic carbocycles. The molecule has 26 heavy (non-hydrogen) atoms. The van der Waals surface area contributed by atoms with Gasteiger partial charge < -0.3 is 10.2 Å². The number of nitrogens with zero attached hydrogens (tertiary/aromatic N) is 1. The second-order valence-electron chi connectivity index (χ2n) is 6.19. The van der Waals surface area contributed by atoms with Crippen LogP contribution in [0.3, 0.4) is 0 Å². The second kappa shape index (κ2) is 10.0. The highest BCUT2D eigenvalue weighted by Crippen LogP contribution is 2.06. The minimum absolute atomic E-state index is 0.0159. The summed E-state index contributed by atoms with van der Waals surface area (Å²) >= 11 is 0. The van der Waals surface area contributed by atoms with E-state index in [9.17, 15) is 9.59 Å². The number of hydrogen-bond donors (Lipinski definition) is 1. The Hall–Kier alpha value is -3.06. The van der Waals surface area contributed by atoms with Crippen molar-refractivity contribution in [3.8, 4) is 11.8 Å². The van der Waals surface area contributed by atoms with Crippen molar-refractivity contribution >= 4 is 11.8 Å². The third kappa shape index (κ3) is 6.45. The third-order valence-electron chi connectivity index (χ3n) is 3.86. The monoisotopic (exact) mass is 348 g/mol. The maximum atomic E-state index is 11.8. The highest BCUT2D eigenvalue weighted by atomic mass is 16.2. The van der Waals surface area contributed by atoms with Crippen molar-refractivity contribution < 1.29 is 9.59 Å². The van der Waals surface area contributed by atoms with Crippen molar-refractivity contribution in [3.05, 3.63) is 71.3 Å². The molecule has 2 rings (SSSR count). The van der Waals surface area contributed by atoms with Crippen LogP contribution in [0.1, 0.15) is 34.3 Å². The molecule has 0 spiro atoms. The van der Waals surface area contributed by atoms with Gasteiger partial charge in [-0.05, 0) is 42.7 Å². The molecule has 1 N–H and O–H groups in total. The van der Waals surface area contributed by atoms with Crippen molar-refractivity contribution in [1.82, 2.24) is 10.2 Å². The lowest BCUT2D eigenvalue weighted by Gasteiger charge is -2.09. The number of hydrogen-bond acceptors (Lipinski definition) is 2. The molecule has 134 valence electrons. The van der Waals surface area contributed by atoms with Crippen molar-refractivity contribution in [2.75, 3.05) is 20.6 Å². The van der Waals surface area contributed by atoms with Crippen molar-refractivity contribution in [1.29, 1.82) is 0 Å². The topological polar surface area (TPSA) is 49.4 Å². The van der Waals surface area contributed by atoms with Gasteiger partial charge in [0.1, 0.15) is 0 Å². The molecule has 2 amide bonds. The number of nitrogens with one attached hydrogen (secondary N) is 1. The highest BCUT2D eigenvalue weighted by molar-refractivity contribution is 5.93. The van der Waals surface area contributed by atoms with Gasteiger partial charge in [-0.25, -0.2) is 0 Å². The Morgan fingerprint density at radius 2 is 1.69 bits per heavy atom. The first kappa shape index (κ1) is 19.3. The Bertz CT molecular complexity index is 784. The van der Waals surface area contributed by atoms with Gasteiger partial charge in [0.05, 0.1) is 6.54 Å². The lowest BCUT2D eigenvalue weighted by atomic mass is 10.1. The molecule has 0 aromatic heterocycles. The van der Waals surface area contributed by atoms with Crippen LogP contribution in [0.5, 0.6) is 0 Å². The standard InChI is InChI=1S/C22H24N2O2/c1-24(2)22(26)20-15-13-19(14-16-20)11-7-17-23-21(25)12-6-10-18-8-4-3-5-9-18/h3-5,8-9,13-16H,6,10,12,17H2,1-2H3,(H,23,25). The first-order chi connectivity index (χ1) is 12.6. The molecular formula is C22H24N2O2. The van der Waals surface area contributed by atoms with Crippen LogP contribution < -0.4 is 5.32 Å². The quantitative estimate of drug-likeness (QED) is 0.816. The van der Waals surface area contributed by atoms with Crippen LogP contribution in [0.25, 0.3) is 0 Å². The largest absolute Gasteiger partial charge is 0.345 e. The molecule has 0 heterocycles. The van der Waals surface area contributed by atoms with Crippen LogP contribution in [0, 0.1) is 11.8 Å². The van der Waals surface area contributed by atoms with E-state index in [1.54, 1.807) is 26.2 Å². The van der Waals surface area contributed by atoms with Crippen LogP contribution >= 0.6 is 0 Å². The Labute approximate surface area is 155 Å². The number of rotatable bonds is 6. The molecule has 4 heteroatoms. The van der Waals surface area contributed by atoms with Gasteiger partial charge in [0, 0.05) is 31.6 Å². The Morgan fingerprint density at radius 1 is 1.00 bits per heavy atom. The fourth-order valence-electron chi connectivity index (χ4n) is 2.43. The molecule has 0 aliphatic carbocycles. The van der Waals surface area contributed by atoms with Gasteiger partial charge in [0.2, 0.25) is 5.91 Å². The van der Waals surface area contributed by atoms with Crippen LogP contribution in [0.4, 0.5) is 0 Å². The van der Waals surface area contributed by atoms with Crippen molar-refractivity contribution in [2.45, 2.75) is 19.3 Å². The fourth-order valence-corrected chi connectivity index (χ4v) is 2.43. The van der Waals surface area contributed by atoms with E-state index in [1.165, 1.54) is 10.5 Å². The van der Waals surface area contributed by atoms with E-state index in [-0.39, 0.29) is 11.8 Å². The molecule has 0 atom stereocenters. The average molecular weight is 348 g/mol. The van der Waals surface area contributed by atoms with Gasteiger partial charge in [-0.2, -0.15) is 0 Å². The zero-order valence-corrected chi connectivity index (χ0v) is 15.3. The third-order valence-corrected chi connectivity index (χ3v) is 3.86. The number of aryl methyl sites for hydroxylation is 1. The van der Waals surface area contributed by atoms with E-state index in [2.05, 4.69) is 29.3 Å².